The van der Waals surface area contributed by atoms with E-state index in [0.29, 0.717) is 0 Å². The van der Waals surface area contributed by atoms with Crippen molar-refractivity contribution in [3.05, 3.63) is 11.1 Å². The van der Waals surface area contributed by atoms with Crippen LogP contribution in [0, 0.1) is 0 Å². The van der Waals surface area contributed by atoms with Gasteiger partial charge in [0.1, 0.15) is 0 Å². The first-order valence-electron chi connectivity index (χ1n) is 3.37. The van der Waals surface area contributed by atoms with Gasteiger partial charge in [-0.05, 0) is 19.5 Å². The minimum absolute atomic E-state index is 1.04. The largest absolute Gasteiger partial charge is 0.316 e. The summed E-state index contributed by atoms with van der Waals surface area (Å²) in [5, 5.41) is 6.35. The molecule has 0 atom stereocenters. The molecule has 1 aliphatic heterocycles. The van der Waals surface area contributed by atoms with E-state index in [9.17, 15) is 0 Å². The quantitative estimate of drug-likeness (QED) is 0.514. The molecule has 2 heteroatoms. The van der Waals surface area contributed by atoms with Crippen LogP contribution in [-0.2, 0) is 0 Å². The molecule has 1 fully saturated rings. The summed E-state index contributed by atoms with van der Waals surface area (Å²) in [5.41, 5.74) is 3.07. The summed E-state index contributed by atoms with van der Waals surface area (Å²) in [6.07, 6.45) is 0. The summed E-state index contributed by atoms with van der Waals surface area (Å²) < 4.78 is 0. The number of hydrogen-bond acceptors (Lipinski definition) is 2. The molecule has 0 aromatic carbocycles. The predicted octanol–water partition coefficient (Wildman–Crippen LogP) is 0.125. The van der Waals surface area contributed by atoms with Crippen molar-refractivity contribution in [3.8, 4) is 0 Å². The van der Waals surface area contributed by atoms with E-state index in [0.717, 1.165) is 19.6 Å². The zero-order valence-corrected chi connectivity index (χ0v) is 6.12. The molecule has 1 saturated heterocycles. The van der Waals surface area contributed by atoms with Gasteiger partial charge in [0.25, 0.3) is 0 Å². The van der Waals surface area contributed by atoms with Crippen molar-refractivity contribution >= 4 is 0 Å². The first kappa shape index (κ1) is 6.78. The Hall–Kier alpha value is -0.340. The Balaban J connectivity index is 2.36. The van der Waals surface area contributed by atoms with Gasteiger partial charge in [0.05, 0.1) is 0 Å². The van der Waals surface area contributed by atoms with Gasteiger partial charge in [-0.25, -0.2) is 0 Å². The van der Waals surface area contributed by atoms with Gasteiger partial charge in [0.2, 0.25) is 0 Å². The highest BCUT2D eigenvalue weighted by Crippen LogP contribution is 2.06. The van der Waals surface area contributed by atoms with E-state index in [1.165, 1.54) is 5.57 Å². The topological polar surface area (TPSA) is 24.1 Å². The Morgan fingerprint density at radius 3 is 2.67 bits per heavy atom. The molecule has 1 aliphatic rings. The van der Waals surface area contributed by atoms with Crippen molar-refractivity contribution in [2.75, 3.05) is 26.7 Å². The van der Waals surface area contributed by atoms with Crippen LogP contribution in [0.3, 0.4) is 0 Å². The summed E-state index contributed by atoms with van der Waals surface area (Å²) in [6.45, 7) is 5.44. The lowest BCUT2D eigenvalue weighted by Crippen LogP contribution is -2.35. The van der Waals surface area contributed by atoms with Crippen LogP contribution in [0.4, 0.5) is 0 Å². The van der Waals surface area contributed by atoms with Crippen molar-refractivity contribution in [1.29, 1.82) is 0 Å². The molecule has 0 spiro atoms. The van der Waals surface area contributed by atoms with Crippen LogP contribution in [0.5, 0.6) is 0 Å². The minimum Gasteiger partial charge on any atom is -0.316 e. The summed E-state index contributed by atoms with van der Waals surface area (Å²) in [4.78, 5) is 0. The van der Waals surface area contributed by atoms with Gasteiger partial charge < -0.3 is 10.6 Å². The van der Waals surface area contributed by atoms with E-state index in [1.54, 1.807) is 5.57 Å². The molecule has 1 heterocycles. The zero-order valence-electron chi connectivity index (χ0n) is 6.12. The summed E-state index contributed by atoms with van der Waals surface area (Å²) in [7, 11) is 1.98. The molecule has 2 nitrogen and oxygen atoms in total. The zero-order chi connectivity index (χ0) is 6.69. The highest BCUT2D eigenvalue weighted by atomic mass is 14.9. The van der Waals surface area contributed by atoms with Crippen molar-refractivity contribution in [2.45, 2.75) is 6.92 Å². The van der Waals surface area contributed by atoms with E-state index in [2.05, 4.69) is 17.6 Å². The van der Waals surface area contributed by atoms with Gasteiger partial charge in [-0.1, -0.05) is 5.57 Å². The van der Waals surface area contributed by atoms with E-state index in [4.69, 9.17) is 0 Å². The predicted molar refractivity (Wildman–Crippen MR) is 39.5 cm³/mol. The molecular weight excluding hydrogens is 112 g/mol. The molecule has 0 radical (unpaired) electrons. The average molecular weight is 126 g/mol. The monoisotopic (exact) mass is 126 g/mol. The van der Waals surface area contributed by atoms with E-state index >= 15 is 0 Å². The normalized spacial score (nSPS) is 17.3. The van der Waals surface area contributed by atoms with Crippen molar-refractivity contribution < 1.29 is 0 Å². The first-order chi connectivity index (χ1) is 4.34. The van der Waals surface area contributed by atoms with Gasteiger partial charge in [-0.3, -0.25) is 0 Å². The molecule has 0 bridgehead atoms. The number of likely N-dealkylation sites (N-methyl/N-ethyl adjacent to an activating group) is 1. The number of hydrogen-bond donors (Lipinski definition) is 2. The molecule has 0 amide bonds. The fourth-order valence-electron chi connectivity index (χ4n) is 0.942. The Labute approximate surface area is 56.3 Å². The molecule has 52 valence electrons. The Bertz CT molecular complexity index is 121. The van der Waals surface area contributed by atoms with Crippen LogP contribution in [0.1, 0.15) is 6.92 Å². The second-order valence-electron chi connectivity index (χ2n) is 2.52. The molecule has 0 aromatic rings. The molecule has 9 heavy (non-hydrogen) atoms. The van der Waals surface area contributed by atoms with Crippen LogP contribution in [-0.4, -0.2) is 26.7 Å². The summed E-state index contributed by atoms with van der Waals surface area (Å²) in [5.74, 6) is 0. The number of nitrogens with one attached hydrogen (secondary N) is 2. The summed E-state index contributed by atoms with van der Waals surface area (Å²) >= 11 is 0. The maximum atomic E-state index is 3.21. The minimum atomic E-state index is 1.04. The summed E-state index contributed by atoms with van der Waals surface area (Å²) in [6, 6.07) is 0. The molecule has 1 rings (SSSR count). The van der Waals surface area contributed by atoms with Crippen molar-refractivity contribution in [1.82, 2.24) is 10.6 Å². The molecular formula is C7H14N2. The van der Waals surface area contributed by atoms with Gasteiger partial charge in [-0.2, -0.15) is 0 Å². The van der Waals surface area contributed by atoms with Crippen molar-refractivity contribution in [3.63, 3.8) is 0 Å². The Morgan fingerprint density at radius 1 is 1.67 bits per heavy atom. The maximum absolute atomic E-state index is 3.21. The maximum Gasteiger partial charge on any atom is 0.0183 e. The smallest absolute Gasteiger partial charge is 0.0183 e. The van der Waals surface area contributed by atoms with Gasteiger partial charge >= 0.3 is 0 Å². The van der Waals surface area contributed by atoms with E-state index in [1.807, 2.05) is 7.05 Å². The van der Waals surface area contributed by atoms with Crippen LogP contribution in [0.25, 0.3) is 0 Å². The third-order valence-electron chi connectivity index (χ3n) is 1.72. The highest BCUT2D eigenvalue weighted by Gasteiger charge is 2.08. The molecule has 0 aliphatic carbocycles. The second kappa shape index (κ2) is 2.99. The Kier molecular flexibility index (Phi) is 2.25. The van der Waals surface area contributed by atoms with Crippen LogP contribution in [0.2, 0.25) is 0 Å². The molecule has 2 N–H and O–H groups in total. The fourth-order valence-corrected chi connectivity index (χ4v) is 0.942. The molecule has 0 aromatic heterocycles. The lowest BCUT2D eigenvalue weighted by Gasteiger charge is -2.21. The van der Waals surface area contributed by atoms with Gasteiger partial charge in [-0.15, -0.1) is 0 Å². The standard InChI is InChI=1S/C7H14N2/c1-6(3-8-2)7-4-9-5-7/h8-9H,3-5H2,1-2H3. The average Bonchev–Trinajstić information content (AvgIpc) is 1.60. The molecule has 0 saturated carbocycles. The third kappa shape index (κ3) is 1.53. The third-order valence-corrected chi connectivity index (χ3v) is 1.72. The SMILES string of the molecule is CNCC(C)=C1CNC1. The lowest BCUT2D eigenvalue weighted by molar-refractivity contribution is 0.649. The van der Waals surface area contributed by atoms with Gasteiger partial charge in [0, 0.05) is 19.6 Å². The van der Waals surface area contributed by atoms with Crippen LogP contribution in [0.15, 0.2) is 11.1 Å². The lowest BCUT2D eigenvalue weighted by atomic mass is 10.1. The second-order valence-corrected chi connectivity index (χ2v) is 2.52. The molecule has 0 unspecified atom stereocenters. The van der Waals surface area contributed by atoms with Crippen LogP contribution >= 0.6 is 0 Å². The number of rotatable bonds is 2. The first-order valence-corrected chi connectivity index (χ1v) is 3.37. The van der Waals surface area contributed by atoms with Gasteiger partial charge in [0.15, 0.2) is 0 Å². The van der Waals surface area contributed by atoms with Crippen molar-refractivity contribution in [2.24, 2.45) is 0 Å². The highest BCUT2D eigenvalue weighted by molar-refractivity contribution is 5.22. The fraction of sp³-hybridized carbons (Fsp3) is 0.714. The van der Waals surface area contributed by atoms with E-state index < -0.39 is 0 Å². The van der Waals surface area contributed by atoms with E-state index in [-0.39, 0.29) is 0 Å². The van der Waals surface area contributed by atoms with Crippen LogP contribution < -0.4 is 10.6 Å². The Morgan fingerprint density at radius 2 is 2.33 bits per heavy atom.